The van der Waals surface area contributed by atoms with Gasteiger partial charge in [0, 0.05) is 55.8 Å². The van der Waals surface area contributed by atoms with Crippen LogP contribution in [-0.2, 0) is 11.4 Å². The van der Waals surface area contributed by atoms with E-state index in [1.54, 1.807) is 54.5 Å². The van der Waals surface area contributed by atoms with E-state index in [1.165, 1.54) is 0 Å². The fraction of sp³-hybridized carbons (Fsp3) is 0.304. The summed E-state index contributed by atoms with van der Waals surface area (Å²) in [5.74, 6) is 1.57. The molecular weight excluding hydrogens is 410 g/mol. The lowest BCUT2D eigenvalue weighted by Crippen LogP contribution is -2.50. The second kappa shape index (κ2) is 10.1. The molecule has 0 unspecified atom stereocenters. The second-order valence-corrected chi connectivity index (χ2v) is 7.61. The van der Waals surface area contributed by atoms with Crippen molar-refractivity contribution in [2.45, 2.75) is 13.5 Å². The first-order chi connectivity index (χ1) is 15.6. The molecule has 2 amide bonds. The third-order valence-corrected chi connectivity index (χ3v) is 5.15. The molecule has 1 aliphatic rings. The summed E-state index contributed by atoms with van der Waals surface area (Å²) in [6.07, 6.45) is 3.48. The van der Waals surface area contributed by atoms with Crippen molar-refractivity contribution < 1.29 is 18.8 Å². The Kier molecular flexibility index (Phi) is 6.76. The topological polar surface area (TPSA) is 101 Å². The first kappa shape index (κ1) is 21.5. The summed E-state index contributed by atoms with van der Waals surface area (Å²) in [4.78, 5) is 32.9. The van der Waals surface area contributed by atoms with Crippen molar-refractivity contribution in [3.63, 3.8) is 0 Å². The van der Waals surface area contributed by atoms with Gasteiger partial charge in [0.05, 0.1) is 6.54 Å². The number of hydrogen-bond donors (Lipinski definition) is 1. The van der Waals surface area contributed by atoms with Gasteiger partial charge in [-0.3, -0.25) is 19.5 Å². The smallest absolute Gasteiger partial charge is 0.253 e. The van der Waals surface area contributed by atoms with Gasteiger partial charge >= 0.3 is 0 Å². The minimum Gasteiger partial charge on any atom is -0.489 e. The molecule has 0 radical (unpaired) electrons. The number of nitrogens with zero attached hydrogens (tertiary/aromatic N) is 4. The third-order valence-electron chi connectivity index (χ3n) is 5.15. The van der Waals surface area contributed by atoms with Crippen molar-refractivity contribution >= 4 is 17.6 Å². The fourth-order valence-corrected chi connectivity index (χ4v) is 3.45. The molecule has 0 aliphatic carbocycles. The molecule has 0 spiro atoms. The van der Waals surface area contributed by atoms with Crippen LogP contribution in [0.5, 0.6) is 5.75 Å². The number of aromatic nitrogens is 2. The van der Waals surface area contributed by atoms with E-state index in [9.17, 15) is 9.59 Å². The van der Waals surface area contributed by atoms with Crippen LogP contribution in [0.1, 0.15) is 21.7 Å². The lowest BCUT2D eigenvalue weighted by molar-refractivity contribution is -0.117. The first-order valence-corrected chi connectivity index (χ1v) is 10.4. The van der Waals surface area contributed by atoms with Crippen LogP contribution in [0.4, 0.5) is 5.82 Å². The second-order valence-electron chi connectivity index (χ2n) is 7.61. The molecule has 1 aliphatic heterocycles. The summed E-state index contributed by atoms with van der Waals surface area (Å²) in [5, 5.41) is 6.48. The average molecular weight is 435 g/mol. The van der Waals surface area contributed by atoms with Crippen molar-refractivity contribution in [1.29, 1.82) is 0 Å². The molecule has 32 heavy (non-hydrogen) atoms. The molecule has 1 N–H and O–H groups in total. The van der Waals surface area contributed by atoms with Crippen LogP contribution >= 0.6 is 0 Å². The van der Waals surface area contributed by atoms with Gasteiger partial charge in [0.15, 0.2) is 5.82 Å². The molecule has 1 saturated heterocycles. The van der Waals surface area contributed by atoms with E-state index in [1.807, 2.05) is 17.0 Å². The fourth-order valence-electron chi connectivity index (χ4n) is 3.45. The first-order valence-electron chi connectivity index (χ1n) is 10.4. The summed E-state index contributed by atoms with van der Waals surface area (Å²) in [6, 6.07) is 12.6. The van der Waals surface area contributed by atoms with E-state index in [0.29, 0.717) is 55.7 Å². The summed E-state index contributed by atoms with van der Waals surface area (Å²) < 4.78 is 10.7. The van der Waals surface area contributed by atoms with E-state index in [2.05, 4.69) is 15.5 Å². The molecular formula is C23H25N5O4. The number of carbonyl (C=O) groups is 2. The maximum Gasteiger partial charge on any atom is 0.253 e. The summed E-state index contributed by atoms with van der Waals surface area (Å²) in [6.45, 7) is 4.82. The molecule has 0 atom stereocenters. The summed E-state index contributed by atoms with van der Waals surface area (Å²) >= 11 is 0. The highest BCUT2D eigenvalue weighted by Crippen LogP contribution is 2.16. The Morgan fingerprint density at radius 1 is 1.12 bits per heavy atom. The predicted molar refractivity (Wildman–Crippen MR) is 117 cm³/mol. The lowest BCUT2D eigenvalue weighted by atomic mass is 10.1. The Balaban J connectivity index is 1.22. The molecule has 9 heteroatoms. The summed E-state index contributed by atoms with van der Waals surface area (Å²) in [5.41, 5.74) is 1.60. The quantitative estimate of drug-likeness (QED) is 0.608. The minimum absolute atomic E-state index is 0.0222. The van der Waals surface area contributed by atoms with Crippen molar-refractivity contribution in [3.05, 3.63) is 71.7 Å². The van der Waals surface area contributed by atoms with E-state index in [-0.39, 0.29) is 18.4 Å². The van der Waals surface area contributed by atoms with E-state index in [4.69, 9.17) is 9.26 Å². The Morgan fingerprint density at radius 3 is 2.56 bits per heavy atom. The van der Waals surface area contributed by atoms with E-state index < -0.39 is 0 Å². The Hall–Kier alpha value is -3.72. The third kappa shape index (κ3) is 5.70. The van der Waals surface area contributed by atoms with Crippen LogP contribution in [-0.4, -0.2) is 64.5 Å². The molecule has 1 fully saturated rings. The van der Waals surface area contributed by atoms with Gasteiger partial charge in [-0.1, -0.05) is 11.2 Å². The number of rotatable bonds is 7. The van der Waals surface area contributed by atoms with Gasteiger partial charge in [-0.2, -0.15) is 0 Å². The van der Waals surface area contributed by atoms with Gasteiger partial charge < -0.3 is 19.5 Å². The van der Waals surface area contributed by atoms with Crippen LogP contribution in [0.3, 0.4) is 0 Å². The zero-order chi connectivity index (χ0) is 22.3. The van der Waals surface area contributed by atoms with Gasteiger partial charge in [-0.05, 0) is 37.3 Å². The largest absolute Gasteiger partial charge is 0.489 e. The van der Waals surface area contributed by atoms with E-state index in [0.717, 1.165) is 5.56 Å². The van der Waals surface area contributed by atoms with Crippen LogP contribution in [0.2, 0.25) is 0 Å². The number of benzene rings is 1. The Labute approximate surface area is 186 Å². The van der Waals surface area contributed by atoms with Crippen LogP contribution in [0, 0.1) is 6.92 Å². The van der Waals surface area contributed by atoms with Crippen molar-refractivity contribution in [2.75, 3.05) is 38.0 Å². The van der Waals surface area contributed by atoms with Gasteiger partial charge in [-0.15, -0.1) is 0 Å². The molecule has 3 heterocycles. The van der Waals surface area contributed by atoms with Crippen LogP contribution < -0.4 is 10.1 Å². The number of nitrogens with one attached hydrogen (secondary N) is 1. The van der Waals surface area contributed by atoms with Crippen molar-refractivity contribution in [2.24, 2.45) is 0 Å². The highest BCUT2D eigenvalue weighted by atomic mass is 16.5. The highest BCUT2D eigenvalue weighted by molar-refractivity contribution is 5.94. The number of pyridine rings is 1. The number of aryl methyl sites for hydroxylation is 1. The predicted octanol–water partition coefficient (Wildman–Crippen LogP) is 2.35. The highest BCUT2D eigenvalue weighted by Gasteiger charge is 2.23. The number of carbonyl (C=O) groups excluding carboxylic acids is 2. The number of piperazine rings is 1. The van der Waals surface area contributed by atoms with Crippen LogP contribution in [0.25, 0.3) is 0 Å². The van der Waals surface area contributed by atoms with Gasteiger partial charge in [0.1, 0.15) is 18.1 Å². The monoisotopic (exact) mass is 435 g/mol. The number of hydrogen-bond acceptors (Lipinski definition) is 7. The Morgan fingerprint density at radius 2 is 1.91 bits per heavy atom. The molecule has 3 aromatic rings. The van der Waals surface area contributed by atoms with Crippen molar-refractivity contribution in [3.8, 4) is 5.75 Å². The van der Waals surface area contributed by atoms with Gasteiger partial charge in [0.2, 0.25) is 5.91 Å². The Bertz CT molecular complexity index is 1040. The average Bonchev–Trinajstić information content (AvgIpc) is 3.23. The van der Waals surface area contributed by atoms with Crippen molar-refractivity contribution in [1.82, 2.24) is 19.9 Å². The van der Waals surface area contributed by atoms with Gasteiger partial charge in [0.25, 0.3) is 5.91 Å². The number of ether oxygens (including phenoxy) is 1. The minimum atomic E-state index is -0.153. The summed E-state index contributed by atoms with van der Waals surface area (Å²) in [7, 11) is 0. The lowest BCUT2D eigenvalue weighted by Gasteiger charge is -2.34. The van der Waals surface area contributed by atoms with Gasteiger partial charge in [-0.25, -0.2) is 0 Å². The molecule has 4 rings (SSSR count). The molecule has 166 valence electrons. The maximum atomic E-state index is 12.8. The molecule has 2 aromatic heterocycles. The molecule has 0 saturated carbocycles. The molecule has 1 aromatic carbocycles. The number of anilines is 1. The maximum absolute atomic E-state index is 12.8. The molecule has 0 bridgehead atoms. The zero-order valence-corrected chi connectivity index (χ0v) is 17.9. The van der Waals surface area contributed by atoms with Crippen LogP contribution in [0.15, 0.2) is 59.4 Å². The number of amides is 2. The standard InChI is InChI=1S/C23H25N5O4/c1-17-13-21(26-32-17)25-22(29)15-27-9-11-28(12-10-27)23(30)19-4-6-20(7-5-19)31-16-18-3-2-8-24-14-18/h2-8,13-14H,9-12,15-16H2,1H3,(H,25,26,29). The normalized spacial score (nSPS) is 14.2. The van der Waals surface area contributed by atoms with E-state index >= 15 is 0 Å². The molecule has 9 nitrogen and oxygen atoms in total. The SMILES string of the molecule is Cc1cc(NC(=O)CN2CCN(C(=O)c3ccc(OCc4cccnc4)cc3)CC2)no1. The zero-order valence-electron chi connectivity index (χ0n) is 17.9.